The van der Waals surface area contributed by atoms with E-state index in [0.29, 0.717) is 6.10 Å². The second-order valence-electron chi connectivity index (χ2n) is 7.27. The molecule has 126 valence electrons. The topological polar surface area (TPSA) is 15.7 Å². The molecule has 0 bridgehead atoms. The minimum Gasteiger partial charge on any atom is -0.378 e. The molecule has 0 amide bonds. The maximum Gasteiger partial charge on any atom is 0.0750 e. The van der Waals surface area contributed by atoms with Gasteiger partial charge in [-0.1, -0.05) is 12.1 Å². The van der Waals surface area contributed by atoms with Crippen molar-refractivity contribution in [2.45, 2.75) is 25.4 Å². The Bertz CT molecular complexity index is 747. The number of rotatable bonds is 4. The van der Waals surface area contributed by atoms with Crippen molar-refractivity contribution in [3.8, 4) is 11.1 Å². The molecule has 1 fully saturated rings. The predicted molar refractivity (Wildman–Crippen MR) is 101 cm³/mol. The van der Waals surface area contributed by atoms with Crippen LogP contribution in [0.25, 0.3) is 11.1 Å². The van der Waals surface area contributed by atoms with Crippen LogP contribution in [0.5, 0.6) is 0 Å². The Kier molecular flexibility index (Phi) is 3.97. The molecule has 4 rings (SSSR count). The average molecular weight is 322 g/mol. The Morgan fingerprint density at radius 1 is 0.958 bits per heavy atom. The molecule has 24 heavy (non-hydrogen) atoms. The van der Waals surface area contributed by atoms with Gasteiger partial charge in [-0.2, -0.15) is 0 Å². The van der Waals surface area contributed by atoms with Crippen LogP contribution in [0.15, 0.2) is 36.4 Å². The summed E-state index contributed by atoms with van der Waals surface area (Å²) < 4.78 is 5.79. The number of likely N-dealkylation sites (N-methyl/N-ethyl adjacent to an activating group) is 1. The van der Waals surface area contributed by atoms with E-state index in [2.05, 4.69) is 67.3 Å². The molecule has 0 spiro atoms. The summed E-state index contributed by atoms with van der Waals surface area (Å²) >= 11 is 0. The molecule has 3 heteroatoms. The molecule has 1 aliphatic carbocycles. The van der Waals surface area contributed by atoms with E-state index < -0.39 is 0 Å². The van der Waals surface area contributed by atoms with Gasteiger partial charge in [0.1, 0.15) is 0 Å². The fourth-order valence-electron chi connectivity index (χ4n) is 3.86. The molecule has 0 N–H and O–H groups in total. The fraction of sp³-hybridized carbons (Fsp3) is 0.429. The van der Waals surface area contributed by atoms with Crippen molar-refractivity contribution in [3.63, 3.8) is 0 Å². The molecule has 1 atom stereocenters. The van der Waals surface area contributed by atoms with Crippen molar-refractivity contribution >= 4 is 11.4 Å². The predicted octanol–water partition coefficient (Wildman–Crippen LogP) is 3.94. The molecule has 2 aromatic rings. The van der Waals surface area contributed by atoms with Crippen molar-refractivity contribution in [3.05, 3.63) is 47.5 Å². The zero-order valence-corrected chi connectivity index (χ0v) is 14.9. The summed E-state index contributed by atoms with van der Waals surface area (Å²) in [6.45, 7) is 1.90. The van der Waals surface area contributed by atoms with Gasteiger partial charge in [-0.15, -0.1) is 0 Å². The minimum absolute atomic E-state index is 0.385. The highest BCUT2D eigenvalue weighted by atomic mass is 16.5. The number of nitrogens with zero attached hydrogens (tertiary/aromatic N) is 2. The molecule has 0 radical (unpaired) electrons. The van der Waals surface area contributed by atoms with Gasteiger partial charge < -0.3 is 14.5 Å². The molecule has 1 unspecified atom stereocenters. The lowest BCUT2D eigenvalue weighted by atomic mass is 10.0. The van der Waals surface area contributed by atoms with E-state index in [1.807, 2.05) is 0 Å². The number of anilines is 2. The first-order valence-electron chi connectivity index (χ1n) is 8.88. The summed E-state index contributed by atoms with van der Waals surface area (Å²) in [7, 11) is 6.38. The van der Waals surface area contributed by atoms with Crippen molar-refractivity contribution in [1.29, 1.82) is 0 Å². The van der Waals surface area contributed by atoms with E-state index in [-0.39, 0.29) is 0 Å². The maximum atomic E-state index is 5.79. The highest BCUT2D eigenvalue weighted by Gasteiger charge is 2.22. The van der Waals surface area contributed by atoms with Crippen LogP contribution >= 0.6 is 0 Å². The second kappa shape index (κ2) is 6.14. The molecule has 1 saturated heterocycles. The van der Waals surface area contributed by atoms with Crippen LogP contribution in [0.1, 0.15) is 24.0 Å². The molecular formula is C21H26N2O. The Balaban J connectivity index is 1.63. The molecule has 1 heterocycles. The first-order chi connectivity index (χ1) is 11.6. The molecular weight excluding hydrogens is 296 g/mol. The number of ether oxygens (including phenoxy) is 1. The molecule has 3 nitrogen and oxygen atoms in total. The number of fused-ring (bicyclic) bond motifs is 3. The van der Waals surface area contributed by atoms with Gasteiger partial charge in [-0.25, -0.2) is 0 Å². The largest absolute Gasteiger partial charge is 0.378 e. The van der Waals surface area contributed by atoms with Gasteiger partial charge in [0.05, 0.1) is 6.10 Å². The van der Waals surface area contributed by atoms with Gasteiger partial charge in [0, 0.05) is 45.7 Å². The number of benzene rings is 2. The molecule has 1 aliphatic heterocycles. The van der Waals surface area contributed by atoms with Gasteiger partial charge in [0.2, 0.25) is 0 Å². The third kappa shape index (κ3) is 2.78. The summed E-state index contributed by atoms with van der Waals surface area (Å²) in [5.74, 6) is 0. The normalized spacial score (nSPS) is 18.4. The molecule has 2 aliphatic rings. The van der Waals surface area contributed by atoms with Gasteiger partial charge in [0.25, 0.3) is 0 Å². The molecule has 2 aromatic carbocycles. The highest BCUT2D eigenvalue weighted by molar-refractivity contribution is 5.82. The Morgan fingerprint density at radius 2 is 1.62 bits per heavy atom. The summed E-state index contributed by atoms with van der Waals surface area (Å²) in [4.78, 5) is 4.51. The summed E-state index contributed by atoms with van der Waals surface area (Å²) in [5.41, 5.74) is 8.21. The zero-order valence-electron chi connectivity index (χ0n) is 14.9. The Hall–Kier alpha value is -2.00. The van der Waals surface area contributed by atoms with Crippen molar-refractivity contribution < 1.29 is 4.74 Å². The van der Waals surface area contributed by atoms with Crippen molar-refractivity contribution in [2.75, 3.05) is 44.1 Å². The lowest BCUT2D eigenvalue weighted by Crippen LogP contribution is -2.28. The second-order valence-corrected chi connectivity index (χ2v) is 7.27. The van der Waals surface area contributed by atoms with Crippen LogP contribution in [0.3, 0.4) is 0 Å². The van der Waals surface area contributed by atoms with Crippen LogP contribution in [0, 0.1) is 0 Å². The Labute approximate surface area is 144 Å². The number of hydrogen-bond donors (Lipinski definition) is 0. The van der Waals surface area contributed by atoms with Gasteiger partial charge in [-0.05, 0) is 65.8 Å². The first kappa shape index (κ1) is 15.5. The summed E-state index contributed by atoms with van der Waals surface area (Å²) in [6, 6.07) is 13.7. The number of hydrogen-bond acceptors (Lipinski definition) is 3. The summed E-state index contributed by atoms with van der Waals surface area (Å²) in [6.07, 6.45) is 3.82. The third-order valence-electron chi connectivity index (χ3n) is 5.32. The first-order valence-corrected chi connectivity index (χ1v) is 8.88. The lowest BCUT2D eigenvalue weighted by molar-refractivity contribution is 0.116. The van der Waals surface area contributed by atoms with Crippen molar-refractivity contribution in [2.24, 2.45) is 0 Å². The van der Waals surface area contributed by atoms with Crippen LogP contribution in [0.4, 0.5) is 11.4 Å². The van der Waals surface area contributed by atoms with E-state index >= 15 is 0 Å². The third-order valence-corrected chi connectivity index (χ3v) is 5.32. The maximum absolute atomic E-state index is 5.79. The van der Waals surface area contributed by atoms with E-state index in [1.54, 1.807) is 0 Å². The van der Waals surface area contributed by atoms with Gasteiger partial charge in [-0.3, -0.25) is 0 Å². The molecule has 0 aromatic heterocycles. The quantitative estimate of drug-likeness (QED) is 0.723. The van der Waals surface area contributed by atoms with E-state index in [1.165, 1.54) is 46.5 Å². The van der Waals surface area contributed by atoms with Crippen LogP contribution in [-0.2, 0) is 11.2 Å². The summed E-state index contributed by atoms with van der Waals surface area (Å²) in [5, 5.41) is 0. The minimum atomic E-state index is 0.385. The lowest BCUT2D eigenvalue weighted by Gasteiger charge is -2.23. The zero-order chi connectivity index (χ0) is 16.7. The SMILES string of the molecule is CN(C)c1ccc2c(c1)-c1cc(N(C)CC3CCCO3)ccc1C2. The Morgan fingerprint density at radius 3 is 2.25 bits per heavy atom. The van der Waals surface area contributed by atoms with E-state index in [4.69, 9.17) is 4.74 Å². The van der Waals surface area contributed by atoms with E-state index in [0.717, 1.165) is 19.6 Å². The average Bonchev–Trinajstić information content (AvgIpc) is 3.20. The van der Waals surface area contributed by atoms with Crippen LogP contribution in [-0.4, -0.2) is 40.4 Å². The fourth-order valence-corrected chi connectivity index (χ4v) is 3.86. The highest BCUT2D eigenvalue weighted by Crippen LogP contribution is 2.40. The monoisotopic (exact) mass is 322 g/mol. The molecule has 0 saturated carbocycles. The smallest absolute Gasteiger partial charge is 0.0750 e. The van der Waals surface area contributed by atoms with Crippen LogP contribution < -0.4 is 9.80 Å². The standard InChI is InChI=1S/C21H26N2O/c1-22(2)17-8-6-15-11-16-7-9-18(13-21(16)20(15)12-17)23(3)14-19-5-4-10-24-19/h6-9,12-13,19H,4-5,10-11,14H2,1-3H3. The van der Waals surface area contributed by atoms with Gasteiger partial charge >= 0.3 is 0 Å². The van der Waals surface area contributed by atoms with Gasteiger partial charge in [0.15, 0.2) is 0 Å². The van der Waals surface area contributed by atoms with Crippen molar-refractivity contribution in [1.82, 2.24) is 0 Å². The van der Waals surface area contributed by atoms with E-state index in [9.17, 15) is 0 Å². The van der Waals surface area contributed by atoms with Crippen LogP contribution in [0.2, 0.25) is 0 Å².